The second kappa shape index (κ2) is 6.10. The van der Waals surface area contributed by atoms with Crippen LogP contribution in [0.5, 0.6) is 0 Å². The van der Waals surface area contributed by atoms with Crippen molar-refractivity contribution in [2.24, 2.45) is 0 Å². The summed E-state index contributed by atoms with van der Waals surface area (Å²) in [5.74, 6) is -0.0598. The number of amides is 1. The number of benzene rings is 2. The molecule has 2 aromatic rings. The molecule has 1 heterocycles. The lowest BCUT2D eigenvalue weighted by Gasteiger charge is -2.26. The average Bonchev–Trinajstić information content (AvgIpc) is 2.54. The Hall–Kier alpha value is -2.13. The van der Waals surface area contributed by atoms with Gasteiger partial charge in [0.05, 0.1) is 5.92 Å². The molecule has 1 aliphatic rings. The minimum atomic E-state index is -0.125. The topological polar surface area (TPSA) is 41.1 Å². The van der Waals surface area contributed by atoms with E-state index in [1.807, 2.05) is 30.3 Å². The molecule has 0 aromatic heterocycles. The lowest BCUT2D eigenvalue weighted by atomic mass is 9.90. The predicted octanol–water partition coefficient (Wildman–Crippen LogP) is 3.07. The van der Waals surface area contributed by atoms with Crippen molar-refractivity contribution in [2.75, 3.05) is 11.9 Å². The molecule has 1 amide bonds. The van der Waals surface area contributed by atoms with Crippen LogP contribution in [0, 0.1) is 0 Å². The molecular formula is C18H20N2O. The monoisotopic (exact) mass is 280 g/mol. The van der Waals surface area contributed by atoms with Gasteiger partial charge >= 0.3 is 0 Å². The first-order chi connectivity index (χ1) is 10.3. The third-order valence-electron chi connectivity index (χ3n) is 4.07. The number of rotatable bonds is 3. The summed E-state index contributed by atoms with van der Waals surface area (Å²) in [6.07, 6.45) is 0.913. The van der Waals surface area contributed by atoms with Crippen LogP contribution in [0.25, 0.3) is 0 Å². The Morgan fingerprint density at radius 2 is 1.95 bits per heavy atom. The molecule has 1 aliphatic heterocycles. The number of para-hydroxylation sites is 1. The highest BCUT2D eigenvalue weighted by atomic mass is 16.1. The van der Waals surface area contributed by atoms with E-state index >= 15 is 0 Å². The molecule has 3 heteroatoms. The summed E-state index contributed by atoms with van der Waals surface area (Å²) < 4.78 is 0. The molecule has 1 atom stereocenters. The van der Waals surface area contributed by atoms with Crippen LogP contribution in [0.2, 0.25) is 0 Å². The zero-order valence-corrected chi connectivity index (χ0v) is 12.2. The van der Waals surface area contributed by atoms with E-state index in [9.17, 15) is 4.79 Å². The molecule has 3 nitrogen and oxygen atoms in total. The molecule has 2 aromatic carbocycles. The Bertz CT molecular complexity index is 651. The van der Waals surface area contributed by atoms with Crippen molar-refractivity contribution in [3.05, 3.63) is 65.2 Å². The fraction of sp³-hybridized carbons (Fsp3) is 0.278. The minimum Gasteiger partial charge on any atom is -0.325 e. The molecule has 1 unspecified atom stereocenters. The SMILES string of the molecule is CCc1ccccc1NC(=O)C1CNCc2ccccc21. The van der Waals surface area contributed by atoms with Crippen molar-refractivity contribution in [3.8, 4) is 0 Å². The number of hydrogen-bond acceptors (Lipinski definition) is 2. The third-order valence-corrected chi connectivity index (χ3v) is 4.07. The van der Waals surface area contributed by atoms with Gasteiger partial charge in [-0.05, 0) is 29.2 Å². The maximum absolute atomic E-state index is 12.6. The highest BCUT2D eigenvalue weighted by Crippen LogP contribution is 2.26. The van der Waals surface area contributed by atoms with Gasteiger partial charge in [0.15, 0.2) is 0 Å². The molecular weight excluding hydrogens is 260 g/mol. The summed E-state index contributed by atoms with van der Waals surface area (Å²) in [7, 11) is 0. The van der Waals surface area contributed by atoms with Gasteiger partial charge in [0.2, 0.25) is 5.91 Å². The van der Waals surface area contributed by atoms with E-state index in [0.717, 1.165) is 24.2 Å². The largest absolute Gasteiger partial charge is 0.325 e. The summed E-state index contributed by atoms with van der Waals surface area (Å²) >= 11 is 0. The van der Waals surface area contributed by atoms with Crippen LogP contribution in [0.15, 0.2) is 48.5 Å². The van der Waals surface area contributed by atoms with E-state index in [-0.39, 0.29) is 11.8 Å². The number of anilines is 1. The lowest BCUT2D eigenvalue weighted by molar-refractivity contribution is -0.117. The summed E-state index contributed by atoms with van der Waals surface area (Å²) in [6.45, 7) is 3.63. The zero-order valence-electron chi connectivity index (χ0n) is 12.2. The van der Waals surface area contributed by atoms with Crippen LogP contribution in [0.3, 0.4) is 0 Å². The van der Waals surface area contributed by atoms with Crippen molar-refractivity contribution in [3.63, 3.8) is 0 Å². The van der Waals surface area contributed by atoms with Crippen LogP contribution in [0.4, 0.5) is 5.69 Å². The van der Waals surface area contributed by atoms with Crippen molar-refractivity contribution < 1.29 is 4.79 Å². The zero-order chi connectivity index (χ0) is 14.7. The Morgan fingerprint density at radius 1 is 1.19 bits per heavy atom. The van der Waals surface area contributed by atoms with E-state index in [2.05, 4.69) is 35.8 Å². The van der Waals surface area contributed by atoms with Gasteiger partial charge < -0.3 is 10.6 Å². The van der Waals surface area contributed by atoms with Gasteiger partial charge in [-0.1, -0.05) is 49.4 Å². The second-order valence-corrected chi connectivity index (χ2v) is 5.38. The van der Waals surface area contributed by atoms with E-state index in [0.29, 0.717) is 6.54 Å². The molecule has 0 bridgehead atoms. The molecule has 0 fully saturated rings. The van der Waals surface area contributed by atoms with E-state index in [1.165, 1.54) is 11.1 Å². The Kier molecular flexibility index (Phi) is 4.02. The number of fused-ring (bicyclic) bond motifs is 1. The smallest absolute Gasteiger partial charge is 0.233 e. The van der Waals surface area contributed by atoms with Crippen LogP contribution in [-0.4, -0.2) is 12.5 Å². The number of carbonyl (C=O) groups excluding carboxylic acids is 1. The Morgan fingerprint density at radius 3 is 2.81 bits per heavy atom. The first-order valence-electron chi connectivity index (χ1n) is 7.47. The first-order valence-corrected chi connectivity index (χ1v) is 7.47. The molecule has 0 spiro atoms. The van der Waals surface area contributed by atoms with Gasteiger partial charge in [0.1, 0.15) is 0 Å². The van der Waals surface area contributed by atoms with Crippen molar-refractivity contribution >= 4 is 11.6 Å². The molecule has 2 N–H and O–H groups in total. The van der Waals surface area contributed by atoms with Crippen LogP contribution in [-0.2, 0) is 17.8 Å². The summed E-state index contributed by atoms with van der Waals surface area (Å²) in [4.78, 5) is 12.6. The van der Waals surface area contributed by atoms with Crippen LogP contribution >= 0.6 is 0 Å². The van der Waals surface area contributed by atoms with Crippen LogP contribution < -0.4 is 10.6 Å². The van der Waals surface area contributed by atoms with Gasteiger partial charge in [0, 0.05) is 18.8 Å². The van der Waals surface area contributed by atoms with Gasteiger partial charge in [-0.2, -0.15) is 0 Å². The molecule has 0 saturated heterocycles. The molecule has 0 radical (unpaired) electrons. The van der Waals surface area contributed by atoms with E-state index < -0.39 is 0 Å². The molecule has 3 rings (SSSR count). The van der Waals surface area contributed by atoms with Gasteiger partial charge in [-0.15, -0.1) is 0 Å². The fourth-order valence-corrected chi connectivity index (χ4v) is 2.90. The van der Waals surface area contributed by atoms with Gasteiger partial charge in [-0.25, -0.2) is 0 Å². The van der Waals surface area contributed by atoms with E-state index in [4.69, 9.17) is 0 Å². The molecule has 21 heavy (non-hydrogen) atoms. The van der Waals surface area contributed by atoms with Crippen molar-refractivity contribution in [1.29, 1.82) is 0 Å². The maximum atomic E-state index is 12.6. The van der Waals surface area contributed by atoms with Gasteiger partial charge in [-0.3, -0.25) is 4.79 Å². The standard InChI is InChI=1S/C18H20N2O/c1-2-13-7-4-6-10-17(13)20-18(21)16-12-19-11-14-8-3-5-9-15(14)16/h3-10,16,19H,2,11-12H2,1H3,(H,20,21). The van der Waals surface area contributed by atoms with Crippen molar-refractivity contribution in [2.45, 2.75) is 25.8 Å². The minimum absolute atomic E-state index is 0.0653. The molecule has 0 aliphatic carbocycles. The number of nitrogens with one attached hydrogen (secondary N) is 2. The number of aryl methyl sites for hydroxylation is 1. The third kappa shape index (κ3) is 2.83. The van der Waals surface area contributed by atoms with Crippen LogP contribution in [0.1, 0.15) is 29.5 Å². The van der Waals surface area contributed by atoms with Crippen molar-refractivity contribution in [1.82, 2.24) is 5.32 Å². The lowest BCUT2D eigenvalue weighted by Crippen LogP contribution is -2.35. The number of hydrogen-bond donors (Lipinski definition) is 2. The quantitative estimate of drug-likeness (QED) is 0.907. The number of carbonyl (C=O) groups is 1. The predicted molar refractivity (Wildman–Crippen MR) is 85.3 cm³/mol. The highest BCUT2D eigenvalue weighted by Gasteiger charge is 2.26. The summed E-state index contributed by atoms with van der Waals surface area (Å²) in [5.41, 5.74) is 4.45. The van der Waals surface area contributed by atoms with Gasteiger partial charge in [0.25, 0.3) is 0 Å². The second-order valence-electron chi connectivity index (χ2n) is 5.38. The van der Waals surface area contributed by atoms with E-state index in [1.54, 1.807) is 0 Å². The molecule has 108 valence electrons. The normalized spacial score (nSPS) is 17.1. The highest BCUT2D eigenvalue weighted by molar-refractivity contribution is 5.97. The average molecular weight is 280 g/mol. The Labute approximate surface area is 125 Å². The fourth-order valence-electron chi connectivity index (χ4n) is 2.90. The summed E-state index contributed by atoms with van der Waals surface area (Å²) in [6, 6.07) is 16.2. The summed E-state index contributed by atoms with van der Waals surface area (Å²) in [5, 5.41) is 6.42. The maximum Gasteiger partial charge on any atom is 0.233 e. The molecule has 0 saturated carbocycles. The first kappa shape index (κ1) is 13.8. The Balaban J connectivity index is 1.84.